The summed E-state index contributed by atoms with van der Waals surface area (Å²) in [5.41, 5.74) is 1.99. The standard InChI is InChI=1S/C22H25N3O2S2/c1-16-5-7-18(8-6-16)27-15-20-23-17(2)21(29-20)22(26)25-11-9-24(10-12-25)14-19-4-3-13-28-19/h3-8,13H,9-12,14-15H2,1-2H3. The quantitative estimate of drug-likeness (QED) is 0.586. The predicted molar refractivity (Wildman–Crippen MR) is 118 cm³/mol. The Balaban J connectivity index is 1.32. The molecule has 1 aromatic carbocycles. The molecule has 0 N–H and O–H groups in total. The Bertz CT molecular complexity index is 943. The first-order valence-electron chi connectivity index (χ1n) is 9.78. The summed E-state index contributed by atoms with van der Waals surface area (Å²) in [7, 11) is 0. The van der Waals surface area contributed by atoms with Crippen LogP contribution in [0.4, 0.5) is 0 Å². The minimum atomic E-state index is 0.0948. The molecule has 1 aliphatic rings. The van der Waals surface area contributed by atoms with E-state index < -0.39 is 0 Å². The highest BCUT2D eigenvalue weighted by molar-refractivity contribution is 7.13. The number of thiazole rings is 1. The van der Waals surface area contributed by atoms with E-state index in [1.807, 2.05) is 43.0 Å². The first-order valence-corrected chi connectivity index (χ1v) is 11.5. The molecule has 7 heteroatoms. The van der Waals surface area contributed by atoms with E-state index >= 15 is 0 Å². The number of hydrogen-bond donors (Lipinski definition) is 0. The fraction of sp³-hybridized carbons (Fsp3) is 0.364. The third-order valence-corrected chi connectivity index (χ3v) is 7.02. The number of thiophene rings is 1. The molecule has 3 aromatic rings. The summed E-state index contributed by atoms with van der Waals surface area (Å²) in [4.78, 5) is 24.0. The Kier molecular flexibility index (Phi) is 6.28. The van der Waals surface area contributed by atoms with E-state index in [0.717, 1.165) is 54.1 Å². The van der Waals surface area contributed by atoms with Gasteiger partial charge in [-0.25, -0.2) is 4.98 Å². The topological polar surface area (TPSA) is 45.7 Å². The van der Waals surface area contributed by atoms with Crippen molar-refractivity contribution in [3.63, 3.8) is 0 Å². The summed E-state index contributed by atoms with van der Waals surface area (Å²) >= 11 is 3.24. The van der Waals surface area contributed by atoms with Crippen LogP contribution in [0.2, 0.25) is 0 Å². The number of aromatic nitrogens is 1. The van der Waals surface area contributed by atoms with Crippen molar-refractivity contribution >= 4 is 28.6 Å². The lowest BCUT2D eigenvalue weighted by Gasteiger charge is -2.34. The van der Waals surface area contributed by atoms with E-state index in [1.54, 1.807) is 11.3 Å². The Morgan fingerprint density at radius 1 is 1.10 bits per heavy atom. The van der Waals surface area contributed by atoms with Gasteiger partial charge < -0.3 is 9.64 Å². The normalized spacial score (nSPS) is 14.9. The van der Waals surface area contributed by atoms with E-state index in [0.29, 0.717) is 6.61 Å². The Labute approximate surface area is 179 Å². The Morgan fingerprint density at radius 2 is 1.86 bits per heavy atom. The van der Waals surface area contributed by atoms with Gasteiger partial charge in [0, 0.05) is 37.6 Å². The lowest BCUT2D eigenvalue weighted by molar-refractivity contribution is 0.0633. The molecule has 1 aliphatic heterocycles. The maximum absolute atomic E-state index is 13.0. The van der Waals surface area contributed by atoms with Crippen LogP contribution in [0.25, 0.3) is 0 Å². The Morgan fingerprint density at radius 3 is 2.55 bits per heavy atom. The van der Waals surface area contributed by atoms with Crippen molar-refractivity contribution in [3.05, 3.63) is 67.8 Å². The van der Waals surface area contributed by atoms with Crippen molar-refractivity contribution in [2.75, 3.05) is 26.2 Å². The summed E-state index contributed by atoms with van der Waals surface area (Å²) in [6, 6.07) is 12.2. The van der Waals surface area contributed by atoms with Crippen molar-refractivity contribution < 1.29 is 9.53 Å². The van der Waals surface area contributed by atoms with E-state index in [4.69, 9.17) is 4.74 Å². The SMILES string of the molecule is Cc1ccc(OCc2nc(C)c(C(=O)N3CCN(Cc4cccs4)CC3)s2)cc1. The lowest BCUT2D eigenvalue weighted by Crippen LogP contribution is -2.48. The third-order valence-electron chi connectivity index (χ3n) is 5.04. The molecule has 0 radical (unpaired) electrons. The average Bonchev–Trinajstić information content (AvgIpc) is 3.37. The van der Waals surface area contributed by atoms with Gasteiger partial charge in [-0.05, 0) is 37.4 Å². The first kappa shape index (κ1) is 20.1. The molecule has 1 saturated heterocycles. The summed E-state index contributed by atoms with van der Waals surface area (Å²) in [5, 5.41) is 2.95. The fourth-order valence-electron chi connectivity index (χ4n) is 3.37. The van der Waals surface area contributed by atoms with Crippen LogP contribution < -0.4 is 4.74 Å². The van der Waals surface area contributed by atoms with Crippen LogP contribution in [0, 0.1) is 13.8 Å². The van der Waals surface area contributed by atoms with Crippen LogP contribution in [0.3, 0.4) is 0 Å². The first-order chi connectivity index (χ1) is 14.1. The maximum Gasteiger partial charge on any atom is 0.265 e. The molecule has 2 aromatic heterocycles. The highest BCUT2D eigenvalue weighted by Crippen LogP contribution is 2.23. The van der Waals surface area contributed by atoms with Gasteiger partial charge in [-0.2, -0.15) is 0 Å². The van der Waals surface area contributed by atoms with Crippen molar-refractivity contribution in [3.8, 4) is 5.75 Å². The zero-order valence-corrected chi connectivity index (χ0v) is 18.4. The number of ether oxygens (including phenoxy) is 1. The molecule has 5 nitrogen and oxygen atoms in total. The van der Waals surface area contributed by atoms with Gasteiger partial charge in [0.05, 0.1) is 5.69 Å². The number of carbonyl (C=O) groups is 1. The average molecular weight is 428 g/mol. The molecule has 0 saturated carbocycles. The summed E-state index contributed by atoms with van der Waals surface area (Å²) in [6.07, 6.45) is 0. The van der Waals surface area contributed by atoms with Gasteiger partial charge in [-0.3, -0.25) is 9.69 Å². The van der Waals surface area contributed by atoms with Crippen LogP contribution in [-0.2, 0) is 13.2 Å². The van der Waals surface area contributed by atoms with Crippen molar-refractivity contribution in [1.82, 2.24) is 14.8 Å². The van der Waals surface area contributed by atoms with Gasteiger partial charge in [-0.15, -0.1) is 22.7 Å². The van der Waals surface area contributed by atoms with Crippen molar-refractivity contribution in [1.29, 1.82) is 0 Å². The monoisotopic (exact) mass is 427 g/mol. The number of nitrogens with zero attached hydrogens (tertiary/aromatic N) is 3. The Hall–Kier alpha value is -2.22. The summed E-state index contributed by atoms with van der Waals surface area (Å²) < 4.78 is 5.82. The molecule has 0 unspecified atom stereocenters. The molecule has 152 valence electrons. The van der Waals surface area contributed by atoms with E-state index in [2.05, 4.69) is 27.4 Å². The maximum atomic E-state index is 13.0. The fourth-order valence-corrected chi connectivity index (χ4v) is 5.06. The van der Waals surface area contributed by atoms with Gasteiger partial charge in [0.15, 0.2) is 0 Å². The van der Waals surface area contributed by atoms with Crippen molar-refractivity contribution in [2.24, 2.45) is 0 Å². The van der Waals surface area contributed by atoms with Crippen molar-refractivity contribution in [2.45, 2.75) is 27.0 Å². The molecule has 0 aliphatic carbocycles. The van der Waals surface area contributed by atoms with Crippen LogP contribution in [0.15, 0.2) is 41.8 Å². The van der Waals surface area contributed by atoms with E-state index in [9.17, 15) is 4.79 Å². The number of amides is 1. The molecular formula is C22H25N3O2S2. The van der Waals surface area contributed by atoms with Crippen LogP contribution in [0.5, 0.6) is 5.75 Å². The van der Waals surface area contributed by atoms with Gasteiger partial charge in [0.1, 0.15) is 22.2 Å². The molecule has 0 atom stereocenters. The number of piperazine rings is 1. The summed E-state index contributed by atoms with van der Waals surface area (Å²) in [6.45, 7) is 8.65. The highest BCUT2D eigenvalue weighted by atomic mass is 32.1. The lowest BCUT2D eigenvalue weighted by atomic mass is 10.2. The van der Waals surface area contributed by atoms with Crippen LogP contribution in [0.1, 0.15) is 30.8 Å². The van der Waals surface area contributed by atoms with E-state index in [1.165, 1.54) is 21.8 Å². The molecule has 4 rings (SSSR count). The van der Waals surface area contributed by atoms with Crippen LogP contribution in [-0.4, -0.2) is 46.9 Å². The molecule has 1 fully saturated rings. The van der Waals surface area contributed by atoms with Gasteiger partial charge in [-0.1, -0.05) is 23.8 Å². The second-order valence-corrected chi connectivity index (χ2v) is 9.39. The molecule has 0 spiro atoms. The van der Waals surface area contributed by atoms with Gasteiger partial charge in [0.25, 0.3) is 5.91 Å². The summed E-state index contributed by atoms with van der Waals surface area (Å²) in [5.74, 6) is 0.913. The number of benzene rings is 1. The molecule has 29 heavy (non-hydrogen) atoms. The number of hydrogen-bond acceptors (Lipinski definition) is 6. The third kappa shape index (κ3) is 5.04. The molecular weight excluding hydrogens is 402 g/mol. The number of rotatable bonds is 6. The smallest absolute Gasteiger partial charge is 0.265 e. The largest absolute Gasteiger partial charge is 0.486 e. The minimum Gasteiger partial charge on any atom is -0.486 e. The predicted octanol–water partition coefficient (Wildman–Crippen LogP) is 4.36. The van der Waals surface area contributed by atoms with Gasteiger partial charge in [0.2, 0.25) is 0 Å². The zero-order chi connectivity index (χ0) is 20.2. The van der Waals surface area contributed by atoms with Gasteiger partial charge >= 0.3 is 0 Å². The second-order valence-electron chi connectivity index (χ2n) is 7.27. The zero-order valence-electron chi connectivity index (χ0n) is 16.8. The number of carbonyl (C=O) groups excluding carboxylic acids is 1. The minimum absolute atomic E-state index is 0.0948. The van der Waals surface area contributed by atoms with E-state index in [-0.39, 0.29) is 5.91 Å². The molecule has 1 amide bonds. The molecule has 3 heterocycles. The van der Waals surface area contributed by atoms with Crippen LogP contribution >= 0.6 is 22.7 Å². The second kappa shape index (κ2) is 9.07. The number of aryl methyl sites for hydroxylation is 2. The highest BCUT2D eigenvalue weighted by Gasteiger charge is 2.25. The molecule has 0 bridgehead atoms.